The van der Waals surface area contributed by atoms with Gasteiger partial charge in [0.1, 0.15) is 6.07 Å². The van der Waals surface area contributed by atoms with E-state index in [0.717, 1.165) is 16.6 Å². The quantitative estimate of drug-likeness (QED) is 0.800. The van der Waals surface area contributed by atoms with Crippen molar-refractivity contribution in [3.8, 4) is 6.07 Å². The Morgan fingerprint density at radius 1 is 1.30 bits per heavy atom. The monoisotopic (exact) mass is 268 g/mol. The first-order chi connectivity index (χ1) is 9.52. The van der Waals surface area contributed by atoms with Crippen LogP contribution >= 0.6 is 0 Å². The predicted molar refractivity (Wildman–Crippen MR) is 76.3 cm³/mol. The maximum atomic E-state index is 12.2. The first-order valence-electron chi connectivity index (χ1n) is 6.53. The van der Waals surface area contributed by atoms with E-state index in [0.29, 0.717) is 5.56 Å². The Kier molecular flexibility index (Phi) is 3.99. The molecule has 0 unspecified atom stereocenters. The average molecular weight is 268 g/mol. The van der Waals surface area contributed by atoms with E-state index in [1.165, 1.54) is 0 Å². The SMILES string of the molecule is CC(C)c1cc(C(=O)O[C@H](C)C#N)c2ccccc2n1. The molecule has 0 saturated heterocycles. The molecule has 0 aliphatic heterocycles. The zero-order chi connectivity index (χ0) is 14.7. The Bertz CT molecular complexity index is 686. The number of ether oxygens (including phenoxy) is 1. The van der Waals surface area contributed by atoms with Crippen molar-refractivity contribution >= 4 is 16.9 Å². The molecule has 1 atom stereocenters. The number of benzene rings is 1. The number of nitrogens with zero attached hydrogens (tertiary/aromatic N) is 2. The lowest BCUT2D eigenvalue weighted by Crippen LogP contribution is -2.14. The number of rotatable bonds is 3. The fraction of sp³-hybridized carbons (Fsp3) is 0.312. The molecule has 0 bridgehead atoms. The van der Waals surface area contributed by atoms with Gasteiger partial charge < -0.3 is 4.74 Å². The molecule has 2 rings (SSSR count). The topological polar surface area (TPSA) is 63.0 Å². The third-order valence-electron chi connectivity index (χ3n) is 3.01. The highest BCUT2D eigenvalue weighted by Crippen LogP contribution is 2.23. The third-order valence-corrected chi connectivity index (χ3v) is 3.01. The van der Waals surface area contributed by atoms with Crippen LogP contribution in [0.2, 0.25) is 0 Å². The van der Waals surface area contributed by atoms with Gasteiger partial charge in [-0.1, -0.05) is 32.0 Å². The molecule has 0 aliphatic carbocycles. The lowest BCUT2D eigenvalue weighted by atomic mass is 10.0. The number of carbonyl (C=O) groups is 1. The predicted octanol–water partition coefficient (Wildman–Crippen LogP) is 3.43. The van der Waals surface area contributed by atoms with E-state index in [9.17, 15) is 4.79 Å². The van der Waals surface area contributed by atoms with E-state index in [-0.39, 0.29) is 5.92 Å². The van der Waals surface area contributed by atoms with Gasteiger partial charge in [0.15, 0.2) is 6.10 Å². The Morgan fingerprint density at radius 2 is 2.00 bits per heavy atom. The molecule has 4 nitrogen and oxygen atoms in total. The minimum Gasteiger partial charge on any atom is -0.444 e. The molecule has 0 spiro atoms. The van der Waals surface area contributed by atoms with E-state index in [2.05, 4.69) is 4.98 Å². The van der Waals surface area contributed by atoms with E-state index < -0.39 is 12.1 Å². The summed E-state index contributed by atoms with van der Waals surface area (Å²) in [5.41, 5.74) is 2.05. The minimum absolute atomic E-state index is 0.208. The highest BCUT2D eigenvalue weighted by atomic mass is 16.5. The van der Waals surface area contributed by atoms with Crippen molar-refractivity contribution in [2.75, 3.05) is 0 Å². The van der Waals surface area contributed by atoms with Crippen LogP contribution in [-0.2, 0) is 4.74 Å². The zero-order valence-corrected chi connectivity index (χ0v) is 11.8. The standard InChI is InChI=1S/C16H16N2O2/c1-10(2)15-8-13(16(19)20-11(3)9-17)12-6-4-5-7-14(12)18-15/h4-8,10-11H,1-3H3/t11-/m1/s1. The van der Waals surface area contributed by atoms with Crippen LogP contribution in [0.15, 0.2) is 30.3 Å². The lowest BCUT2D eigenvalue weighted by molar-refractivity contribution is 0.0437. The maximum Gasteiger partial charge on any atom is 0.340 e. The molecular weight excluding hydrogens is 252 g/mol. The van der Waals surface area contributed by atoms with Gasteiger partial charge in [0.05, 0.1) is 11.1 Å². The number of fused-ring (bicyclic) bond motifs is 1. The second kappa shape index (κ2) is 5.70. The van der Waals surface area contributed by atoms with Crippen molar-refractivity contribution < 1.29 is 9.53 Å². The number of nitriles is 1. The Morgan fingerprint density at radius 3 is 2.65 bits per heavy atom. The molecule has 1 heterocycles. The Hall–Kier alpha value is -2.41. The van der Waals surface area contributed by atoms with Gasteiger partial charge in [-0.25, -0.2) is 4.79 Å². The maximum absolute atomic E-state index is 12.2. The van der Waals surface area contributed by atoms with Crippen molar-refractivity contribution in [1.29, 1.82) is 5.26 Å². The molecule has 4 heteroatoms. The van der Waals surface area contributed by atoms with Crippen LogP contribution in [0, 0.1) is 11.3 Å². The molecule has 102 valence electrons. The van der Waals surface area contributed by atoms with Crippen LogP contribution in [0.4, 0.5) is 0 Å². The molecule has 2 aromatic rings. The number of pyridine rings is 1. The second-order valence-electron chi connectivity index (χ2n) is 4.94. The number of aromatic nitrogens is 1. The van der Waals surface area contributed by atoms with Gasteiger partial charge in [0, 0.05) is 11.1 Å². The summed E-state index contributed by atoms with van der Waals surface area (Å²) in [5.74, 6) is -0.279. The number of hydrogen-bond donors (Lipinski definition) is 0. The van der Waals surface area contributed by atoms with E-state index in [1.54, 1.807) is 13.0 Å². The Labute approximate surface area is 118 Å². The fourth-order valence-corrected chi connectivity index (χ4v) is 1.91. The molecule has 0 aliphatic rings. The molecule has 0 N–H and O–H groups in total. The highest BCUT2D eigenvalue weighted by molar-refractivity contribution is 6.03. The zero-order valence-electron chi connectivity index (χ0n) is 11.8. The lowest BCUT2D eigenvalue weighted by Gasteiger charge is -2.12. The normalized spacial score (nSPS) is 12.2. The summed E-state index contributed by atoms with van der Waals surface area (Å²) in [7, 11) is 0. The van der Waals surface area contributed by atoms with Gasteiger partial charge in [-0.2, -0.15) is 5.26 Å². The van der Waals surface area contributed by atoms with Crippen molar-refractivity contribution in [3.63, 3.8) is 0 Å². The summed E-state index contributed by atoms with van der Waals surface area (Å²) in [6.45, 7) is 5.58. The second-order valence-corrected chi connectivity index (χ2v) is 4.94. The highest BCUT2D eigenvalue weighted by Gasteiger charge is 2.17. The number of hydrogen-bond acceptors (Lipinski definition) is 4. The Balaban J connectivity index is 2.55. The van der Waals surface area contributed by atoms with Crippen LogP contribution in [0.1, 0.15) is 42.7 Å². The van der Waals surface area contributed by atoms with Crippen molar-refractivity contribution in [2.45, 2.75) is 32.8 Å². The molecule has 0 radical (unpaired) electrons. The summed E-state index contributed by atoms with van der Waals surface area (Å²) < 4.78 is 5.10. The van der Waals surface area contributed by atoms with Gasteiger partial charge >= 0.3 is 5.97 Å². The summed E-state index contributed by atoms with van der Waals surface area (Å²) >= 11 is 0. The van der Waals surface area contributed by atoms with Gasteiger partial charge in [0.2, 0.25) is 0 Å². The number of carbonyl (C=O) groups excluding carboxylic acids is 1. The summed E-state index contributed by atoms with van der Waals surface area (Å²) in [6.07, 6.45) is -0.767. The summed E-state index contributed by atoms with van der Waals surface area (Å²) in [4.78, 5) is 16.7. The van der Waals surface area contributed by atoms with Crippen molar-refractivity contribution in [1.82, 2.24) is 4.98 Å². The summed E-state index contributed by atoms with van der Waals surface area (Å²) in [6, 6.07) is 11.1. The van der Waals surface area contributed by atoms with Gasteiger partial charge in [-0.15, -0.1) is 0 Å². The molecule has 0 fully saturated rings. The van der Waals surface area contributed by atoms with E-state index in [4.69, 9.17) is 10.00 Å². The average Bonchev–Trinajstić information content (AvgIpc) is 2.45. The van der Waals surface area contributed by atoms with Crippen LogP contribution in [0.3, 0.4) is 0 Å². The molecule has 0 saturated carbocycles. The van der Waals surface area contributed by atoms with Crippen LogP contribution in [-0.4, -0.2) is 17.1 Å². The third kappa shape index (κ3) is 2.77. The number of para-hydroxylation sites is 1. The van der Waals surface area contributed by atoms with Gasteiger partial charge in [-0.3, -0.25) is 4.98 Å². The minimum atomic E-state index is -0.767. The van der Waals surface area contributed by atoms with E-state index in [1.807, 2.05) is 44.2 Å². The number of esters is 1. The molecular formula is C16H16N2O2. The van der Waals surface area contributed by atoms with Crippen LogP contribution < -0.4 is 0 Å². The first kappa shape index (κ1) is 14.0. The smallest absolute Gasteiger partial charge is 0.340 e. The van der Waals surface area contributed by atoms with Gasteiger partial charge in [0.25, 0.3) is 0 Å². The van der Waals surface area contributed by atoms with Gasteiger partial charge in [-0.05, 0) is 25.0 Å². The van der Waals surface area contributed by atoms with E-state index >= 15 is 0 Å². The fourth-order valence-electron chi connectivity index (χ4n) is 1.91. The van der Waals surface area contributed by atoms with Crippen LogP contribution in [0.25, 0.3) is 10.9 Å². The van der Waals surface area contributed by atoms with Crippen molar-refractivity contribution in [3.05, 3.63) is 41.6 Å². The first-order valence-corrected chi connectivity index (χ1v) is 6.53. The summed E-state index contributed by atoms with van der Waals surface area (Å²) in [5, 5.41) is 9.49. The largest absolute Gasteiger partial charge is 0.444 e. The molecule has 0 amide bonds. The molecule has 20 heavy (non-hydrogen) atoms. The van der Waals surface area contributed by atoms with Crippen molar-refractivity contribution in [2.24, 2.45) is 0 Å². The molecule has 1 aromatic heterocycles. The molecule has 1 aromatic carbocycles. The van der Waals surface area contributed by atoms with Crippen LogP contribution in [0.5, 0.6) is 0 Å².